The third-order valence-corrected chi connectivity index (χ3v) is 3.96. The lowest BCUT2D eigenvalue weighted by Gasteiger charge is -2.28. The van der Waals surface area contributed by atoms with Crippen LogP contribution in [0.25, 0.3) is 0 Å². The van der Waals surface area contributed by atoms with Crippen LogP contribution < -0.4 is 5.73 Å². The molecule has 1 fully saturated rings. The summed E-state index contributed by atoms with van der Waals surface area (Å²) in [5.41, 5.74) is 6.83. The van der Waals surface area contributed by atoms with Gasteiger partial charge >= 0.3 is 0 Å². The first-order chi connectivity index (χ1) is 8.91. The number of rotatable bonds is 2. The fourth-order valence-corrected chi connectivity index (χ4v) is 2.73. The Labute approximate surface area is 113 Å². The maximum absolute atomic E-state index is 13.7. The number of hydrogen-bond donors (Lipinski definition) is 1. The highest BCUT2D eigenvalue weighted by molar-refractivity contribution is 5.95. The molecule has 0 bridgehead atoms. The third kappa shape index (κ3) is 2.57. The maximum Gasteiger partial charge on any atom is 0.254 e. The number of carbonyl (C=O) groups is 1. The number of nitrogens with two attached hydrogens (primary N) is 1. The van der Waals surface area contributed by atoms with Crippen molar-refractivity contribution in [3.05, 3.63) is 29.1 Å². The minimum Gasteiger partial charge on any atom is -0.398 e. The van der Waals surface area contributed by atoms with Crippen LogP contribution in [0.2, 0.25) is 0 Å². The molecular formula is C15H21FN2O. The molecule has 3 nitrogen and oxygen atoms in total. The Morgan fingerprint density at radius 2 is 2.16 bits per heavy atom. The Morgan fingerprint density at radius 1 is 1.47 bits per heavy atom. The molecule has 2 N–H and O–H groups in total. The van der Waals surface area contributed by atoms with Crippen LogP contribution in [0, 0.1) is 18.7 Å². The number of likely N-dealkylation sites (tertiary alicyclic amines) is 1. The molecule has 2 rings (SSSR count). The van der Waals surface area contributed by atoms with Crippen molar-refractivity contribution < 1.29 is 9.18 Å². The normalized spacial score (nSPS) is 19.2. The molecular weight excluding hydrogens is 243 g/mol. The molecule has 0 radical (unpaired) electrons. The van der Waals surface area contributed by atoms with Gasteiger partial charge in [-0.25, -0.2) is 4.39 Å². The van der Waals surface area contributed by atoms with E-state index in [1.54, 1.807) is 13.0 Å². The first-order valence-electron chi connectivity index (χ1n) is 6.78. The van der Waals surface area contributed by atoms with Gasteiger partial charge in [-0.1, -0.05) is 13.8 Å². The molecule has 1 aromatic rings. The predicted octanol–water partition coefficient (Wildman–Crippen LogP) is 2.98. The van der Waals surface area contributed by atoms with Crippen molar-refractivity contribution in [1.82, 2.24) is 4.90 Å². The third-order valence-electron chi connectivity index (χ3n) is 3.96. The van der Waals surface area contributed by atoms with Crippen LogP contribution in [0.15, 0.2) is 12.1 Å². The average Bonchev–Trinajstić information content (AvgIpc) is 2.83. The minimum absolute atomic E-state index is 0.109. The summed E-state index contributed by atoms with van der Waals surface area (Å²) in [4.78, 5) is 14.3. The number of hydrogen-bond acceptors (Lipinski definition) is 2. The summed E-state index contributed by atoms with van der Waals surface area (Å²) >= 11 is 0. The van der Waals surface area contributed by atoms with E-state index in [0.717, 1.165) is 19.4 Å². The lowest BCUT2D eigenvalue weighted by atomic mass is 10.0. The van der Waals surface area contributed by atoms with Crippen molar-refractivity contribution >= 4 is 11.6 Å². The zero-order valence-corrected chi connectivity index (χ0v) is 11.7. The molecule has 1 aliphatic heterocycles. The van der Waals surface area contributed by atoms with Gasteiger partial charge in [0.2, 0.25) is 0 Å². The van der Waals surface area contributed by atoms with Crippen LogP contribution in [0.4, 0.5) is 10.1 Å². The molecule has 1 amide bonds. The standard InChI is InChI=1S/C15H21FN2O/c1-9(2)14-5-4-6-18(14)15(19)11-7-12(16)10(3)13(17)8-11/h7-9,14H,4-6,17H2,1-3H3. The van der Waals surface area contributed by atoms with Gasteiger partial charge in [-0.2, -0.15) is 0 Å². The molecule has 1 atom stereocenters. The highest BCUT2D eigenvalue weighted by Crippen LogP contribution is 2.27. The van der Waals surface area contributed by atoms with Crippen molar-refractivity contribution in [3.8, 4) is 0 Å². The fraction of sp³-hybridized carbons (Fsp3) is 0.533. The van der Waals surface area contributed by atoms with Crippen LogP contribution >= 0.6 is 0 Å². The topological polar surface area (TPSA) is 46.3 Å². The van der Waals surface area contributed by atoms with Crippen LogP contribution in [-0.2, 0) is 0 Å². The van der Waals surface area contributed by atoms with Gasteiger partial charge in [0.05, 0.1) is 0 Å². The lowest BCUT2D eigenvalue weighted by molar-refractivity contribution is 0.0701. The minimum atomic E-state index is -0.413. The summed E-state index contributed by atoms with van der Waals surface area (Å²) in [7, 11) is 0. The molecule has 1 saturated heterocycles. The second-order valence-corrected chi connectivity index (χ2v) is 5.62. The zero-order chi connectivity index (χ0) is 14.2. The SMILES string of the molecule is Cc1c(N)cc(C(=O)N2CCCC2C(C)C)cc1F. The Morgan fingerprint density at radius 3 is 2.74 bits per heavy atom. The Balaban J connectivity index is 2.29. The highest BCUT2D eigenvalue weighted by atomic mass is 19.1. The molecule has 1 aliphatic rings. The molecule has 1 aromatic carbocycles. The number of amides is 1. The Hall–Kier alpha value is -1.58. The van der Waals surface area contributed by atoms with E-state index in [1.807, 2.05) is 4.90 Å². The van der Waals surface area contributed by atoms with E-state index < -0.39 is 5.82 Å². The van der Waals surface area contributed by atoms with E-state index in [9.17, 15) is 9.18 Å². The van der Waals surface area contributed by atoms with Gasteiger partial charge in [-0.3, -0.25) is 4.79 Å². The molecule has 1 unspecified atom stereocenters. The van der Waals surface area contributed by atoms with E-state index in [1.165, 1.54) is 6.07 Å². The van der Waals surface area contributed by atoms with Crippen LogP contribution in [0.5, 0.6) is 0 Å². The van der Waals surface area contributed by atoms with Gasteiger partial charge in [0.15, 0.2) is 0 Å². The zero-order valence-electron chi connectivity index (χ0n) is 11.7. The fourth-order valence-electron chi connectivity index (χ4n) is 2.73. The van der Waals surface area contributed by atoms with Gasteiger partial charge in [0, 0.05) is 29.4 Å². The van der Waals surface area contributed by atoms with Gasteiger partial charge < -0.3 is 10.6 Å². The van der Waals surface area contributed by atoms with Crippen molar-refractivity contribution in [3.63, 3.8) is 0 Å². The monoisotopic (exact) mass is 264 g/mol. The smallest absolute Gasteiger partial charge is 0.254 e. The molecule has 0 aromatic heterocycles. The summed E-state index contributed by atoms with van der Waals surface area (Å²) in [6, 6.07) is 3.12. The summed E-state index contributed by atoms with van der Waals surface area (Å²) in [5, 5.41) is 0. The number of halogens is 1. The van der Waals surface area contributed by atoms with Gasteiger partial charge in [-0.15, -0.1) is 0 Å². The molecule has 104 valence electrons. The second-order valence-electron chi connectivity index (χ2n) is 5.62. The first-order valence-corrected chi connectivity index (χ1v) is 6.78. The van der Waals surface area contributed by atoms with E-state index in [0.29, 0.717) is 22.7 Å². The average molecular weight is 264 g/mol. The lowest BCUT2D eigenvalue weighted by Crippen LogP contribution is -2.38. The van der Waals surface area contributed by atoms with Crippen LogP contribution in [0.3, 0.4) is 0 Å². The molecule has 4 heteroatoms. The van der Waals surface area contributed by atoms with Crippen molar-refractivity contribution in [2.45, 2.75) is 39.7 Å². The van der Waals surface area contributed by atoms with Crippen LogP contribution in [-0.4, -0.2) is 23.4 Å². The summed E-state index contributed by atoms with van der Waals surface area (Å²) in [6.45, 7) is 6.59. The molecule has 19 heavy (non-hydrogen) atoms. The Bertz CT molecular complexity index is 476. The van der Waals surface area contributed by atoms with Gasteiger partial charge in [0.25, 0.3) is 5.91 Å². The highest BCUT2D eigenvalue weighted by Gasteiger charge is 2.31. The van der Waals surface area contributed by atoms with E-state index in [2.05, 4.69) is 13.8 Å². The molecule has 1 heterocycles. The summed E-state index contributed by atoms with van der Waals surface area (Å²) in [5.74, 6) is -0.107. The van der Waals surface area contributed by atoms with E-state index in [-0.39, 0.29) is 11.9 Å². The van der Waals surface area contributed by atoms with Crippen molar-refractivity contribution in [2.75, 3.05) is 12.3 Å². The maximum atomic E-state index is 13.7. The van der Waals surface area contributed by atoms with Gasteiger partial charge in [-0.05, 0) is 37.8 Å². The number of anilines is 1. The quantitative estimate of drug-likeness (QED) is 0.835. The number of nitrogens with zero attached hydrogens (tertiary/aromatic N) is 1. The van der Waals surface area contributed by atoms with Gasteiger partial charge in [0.1, 0.15) is 5.82 Å². The van der Waals surface area contributed by atoms with E-state index >= 15 is 0 Å². The number of benzene rings is 1. The second kappa shape index (κ2) is 5.19. The first kappa shape index (κ1) is 13.8. The van der Waals surface area contributed by atoms with E-state index in [4.69, 9.17) is 5.73 Å². The number of nitrogen functional groups attached to an aromatic ring is 1. The summed E-state index contributed by atoms with van der Waals surface area (Å²) < 4.78 is 13.7. The molecule has 0 spiro atoms. The number of carbonyl (C=O) groups excluding carboxylic acids is 1. The van der Waals surface area contributed by atoms with Crippen molar-refractivity contribution in [2.24, 2.45) is 5.92 Å². The Kier molecular flexibility index (Phi) is 3.78. The van der Waals surface area contributed by atoms with Crippen molar-refractivity contribution in [1.29, 1.82) is 0 Å². The van der Waals surface area contributed by atoms with Crippen LogP contribution in [0.1, 0.15) is 42.6 Å². The largest absolute Gasteiger partial charge is 0.398 e. The predicted molar refractivity (Wildman–Crippen MR) is 74.4 cm³/mol. The molecule has 0 aliphatic carbocycles. The molecule has 0 saturated carbocycles. The summed E-state index contributed by atoms with van der Waals surface area (Å²) in [6.07, 6.45) is 2.03.